The molecule has 18 heavy (non-hydrogen) atoms. The molecule has 6 nitrogen and oxygen atoms in total. The summed E-state index contributed by atoms with van der Waals surface area (Å²) in [7, 11) is 0. The van der Waals surface area contributed by atoms with Crippen LogP contribution in [0.15, 0.2) is 35.1 Å². The van der Waals surface area contributed by atoms with Crippen molar-refractivity contribution in [2.24, 2.45) is 0 Å². The van der Waals surface area contributed by atoms with E-state index in [2.05, 4.69) is 15.2 Å². The normalized spacial score (nSPS) is 10.2. The van der Waals surface area contributed by atoms with Crippen molar-refractivity contribution in [2.45, 2.75) is 5.32 Å². The van der Waals surface area contributed by atoms with Crippen LogP contribution in [-0.4, -0.2) is 41.2 Å². The Morgan fingerprint density at radius 3 is 2.61 bits per heavy atom. The van der Waals surface area contributed by atoms with Gasteiger partial charge < -0.3 is 0 Å². The topological polar surface area (TPSA) is 95.9 Å². The van der Waals surface area contributed by atoms with Gasteiger partial charge in [0.15, 0.2) is 0 Å². The van der Waals surface area contributed by atoms with Gasteiger partial charge in [-0.25, -0.2) is 0 Å². The molecule has 0 aliphatic heterocycles. The molecule has 92 valence electrons. The molecule has 2 aromatic rings. The van der Waals surface area contributed by atoms with Crippen LogP contribution in [0.3, 0.4) is 0 Å². The van der Waals surface area contributed by atoms with Crippen molar-refractivity contribution >= 4 is 25.6 Å². The van der Waals surface area contributed by atoms with Crippen LogP contribution in [0.4, 0.5) is 0 Å². The van der Waals surface area contributed by atoms with Gasteiger partial charge in [0.05, 0.1) is 0 Å². The van der Waals surface area contributed by atoms with Crippen LogP contribution in [0.1, 0.15) is 0 Å². The number of hydrogen-bond donors (Lipinski definition) is 2. The third-order valence-corrected chi connectivity index (χ3v) is 3.84. The molecule has 0 radical (unpaired) electrons. The molecule has 0 saturated carbocycles. The average Bonchev–Trinajstić information content (AvgIpc) is 2.37. The predicted octanol–water partition coefficient (Wildman–Crippen LogP) is -0.336. The summed E-state index contributed by atoms with van der Waals surface area (Å²) in [5, 5.41) is 16.2. The number of rotatable bonds is 4. The van der Waals surface area contributed by atoms with Crippen LogP contribution in [-0.2, 0) is 4.79 Å². The van der Waals surface area contributed by atoms with Crippen LogP contribution in [0.25, 0.3) is 11.3 Å². The zero-order valence-corrected chi connectivity index (χ0v) is 10.9. The quantitative estimate of drug-likeness (QED) is 0.754. The number of nitrogens with one attached hydrogen (secondary N) is 1. The van der Waals surface area contributed by atoms with E-state index in [1.165, 1.54) is 0 Å². The van der Waals surface area contributed by atoms with Crippen LogP contribution in [0.5, 0.6) is 0 Å². The molecule has 1 aromatic carbocycles. The van der Waals surface area contributed by atoms with Crippen molar-refractivity contribution < 1.29 is 9.90 Å². The Balaban J connectivity index is 2.26. The molecule has 0 atom stereocenters. The van der Waals surface area contributed by atoms with E-state index >= 15 is 0 Å². The van der Waals surface area contributed by atoms with Crippen molar-refractivity contribution in [3.05, 3.63) is 40.7 Å². The molecule has 2 N–H and O–H groups in total. The first-order valence-corrected chi connectivity index (χ1v) is 7.10. The Kier molecular flexibility index (Phi) is 3.86. The fraction of sp³-hybridized carbons (Fsp3) is 0.0909. The van der Waals surface area contributed by atoms with E-state index < -0.39 is 20.9 Å². The predicted molar refractivity (Wildman–Crippen MR) is 65.9 cm³/mol. The third kappa shape index (κ3) is 3.03. The summed E-state index contributed by atoms with van der Waals surface area (Å²) in [4.78, 5) is 24.8. The molecule has 0 saturated heterocycles. The van der Waals surface area contributed by atoms with Crippen LogP contribution in [0, 0.1) is 0 Å². The van der Waals surface area contributed by atoms with Crippen LogP contribution >= 0.6 is 0 Å². The van der Waals surface area contributed by atoms with Gasteiger partial charge in [0.25, 0.3) is 0 Å². The first kappa shape index (κ1) is 12.5. The zero-order valence-electron chi connectivity index (χ0n) is 9.16. The fourth-order valence-corrected chi connectivity index (χ4v) is 2.40. The summed E-state index contributed by atoms with van der Waals surface area (Å²) in [5.74, 6) is -0.912. The van der Waals surface area contributed by atoms with Gasteiger partial charge in [0, 0.05) is 0 Å². The van der Waals surface area contributed by atoms with E-state index in [-0.39, 0.29) is 16.6 Å². The molecule has 0 aliphatic rings. The summed E-state index contributed by atoms with van der Waals surface area (Å²) in [6.07, 6.45) is 0. The van der Waals surface area contributed by atoms with E-state index in [0.717, 1.165) is 0 Å². The minimum absolute atomic E-state index is 0.0255. The van der Waals surface area contributed by atoms with Crippen LogP contribution < -0.4 is 10.3 Å². The Morgan fingerprint density at radius 2 is 2.00 bits per heavy atom. The number of H-pyrrole nitrogens is 1. The standard InChI is InChI=1S/C11H9N3O3Se/c15-8(16)6-18-11-12-10(17)9(13-14-11)7-4-2-1-3-5-7/h1-5H,6H2,(H,15,16)(H,12,14,17). The minimum atomic E-state index is -0.912. The number of carboxylic acids is 1. The number of aromatic amines is 1. The van der Waals surface area contributed by atoms with Crippen molar-refractivity contribution in [2.75, 3.05) is 0 Å². The second-order valence-electron chi connectivity index (χ2n) is 3.36. The molecule has 0 spiro atoms. The maximum atomic E-state index is 11.8. The second-order valence-corrected chi connectivity index (χ2v) is 5.38. The summed E-state index contributed by atoms with van der Waals surface area (Å²) in [5.41, 5.74) is 0.576. The third-order valence-electron chi connectivity index (χ3n) is 2.06. The van der Waals surface area contributed by atoms with E-state index in [9.17, 15) is 9.59 Å². The molecule has 0 fully saturated rings. The zero-order chi connectivity index (χ0) is 13.0. The molecule has 2 rings (SSSR count). The van der Waals surface area contributed by atoms with Crippen molar-refractivity contribution in [1.82, 2.24) is 15.2 Å². The first-order valence-electron chi connectivity index (χ1n) is 5.04. The first-order chi connectivity index (χ1) is 8.66. The van der Waals surface area contributed by atoms with E-state index in [4.69, 9.17) is 5.11 Å². The Bertz CT molecular complexity index is 612. The van der Waals surface area contributed by atoms with Gasteiger partial charge in [-0.05, 0) is 0 Å². The number of aromatic nitrogens is 3. The van der Waals surface area contributed by atoms with E-state index in [1.54, 1.807) is 24.3 Å². The Labute approximate surface area is 108 Å². The number of benzene rings is 1. The summed E-state index contributed by atoms with van der Waals surface area (Å²) < 4.78 is 0.342. The molecular formula is C11H9N3O3Se. The second kappa shape index (κ2) is 5.57. The van der Waals surface area contributed by atoms with Crippen molar-refractivity contribution in [1.29, 1.82) is 0 Å². The van der Waals surface area contributed by atoms with Crippen LogP contribution in [0.2, 0.25) is 5.32 Å². The number of carboxylic acid groups (broad SMARTS) is 1. The van der Waals surface area contributed by atoms with Crippen molar-refractivity contribution in [3.63, 3.8) is 0 Å². The van der Waals surface area contributed by atoms with Gasteiger partial charge in [0.2, 0.25) is 0 Å². The van der Waals surface area contributed by atoms with E-state index in [1.807, 2.05) is 6.07 Å². The van der Waals surface area contributed by atoms with E-state index in [0.29, 0.717) is 10.3 Å². The monoisotopic (exact) mass is 311 g/mol. The average molecular weight is 310 g/mol. The molecule has 7 heteroatoms. The fourth-order valence-electron chi connectivity index (χ4n) is 1.30. The van der Waals surface area contributed by atoms with Gasteiger partial charge >= 0.3 is 108 Å². The molecule has 0 amide bonds. The van der Waals surface area contributed by atoms with Gasteiger partial charge in [-0.1, -0.05) is 0 Å². The Hall–Kier alpha value is -1.98. The molecule has 1 aromatic heterocycles. The van der Waals surface area contributed by atoms with Gasteiger partial charge in [-0.2, -0.15) is 0 Å². The molecular weight excluding hydrogens is 301 g/mol. The molecule has 1 heterocycles. The van der Waals surface area contributed by atoms with Gasteiger partial charge in [0.1, 0.15) is 0 Å². The number of carbonyl (C=O) groups is 1. The molecule has 0 aliphatic carbocycles. The number of aliphatic carboxylic acids is 1. The van der Waals surface area contributed by atoms with Gasteiger partial charge in [-0.15, -0.1) is 0 Å². The summed E-state index contributed by atoms with van der Waals surface area (Å²) >= 11 is -0.410. The van der Waals surface area contributed by atoms with Gasteiger partial charge in [-0.3, -0.25) is 0 Å². The van der Waals surface area contributed by atoms with Crippen molar-refractivity contribution in [3.8, 4) is 11.3 Å². The summed E-state index contributed by atoms with van der Waals surface area (Å²) in [6.45, 7) is 0. The number of nitrogens with zero attached hydrogens (tertiary/aromatic N) is 2. The number of hydrogen-bond acceptors (Lipinski definition) is 4. The molecule has 0 unspecified atom stereocenters. The Morgan fingerprint density at radius 1 is 1.28 bits per heavy atom. The SMILES string of the molecule is O=C(O)C[Se]c1nnc(-c2ccccc2)c(=O)[nH]1. The molecule has 0 bridgehead atoms. The maximum absolute atomic E-state index is 11.8. The summed E-state index contributed by atoms with van der Waals surface area (Å²) in [6, 6.07) is 8.98.